The van der Waals surface area contributed by atoms with E-state index in [1.54, 1.807) is 0 Å². The number of hydrogen-bond acceptors (Lipinski definition) is 2. The van der Waals surface area contributed by atoms with Crippen molar-refractivity contribution in [1.29, 1.82) is 0 Å². The molecular formula is C8H2Br4KNO2. The van der Waals surface area contributed by atoms with Crippen LogP contribution in [0.4, 0.5) is 0 Å². The number of nitrogens with one attached hydrogen (secondary N) is 1. The van der Waals surface area contributed by atoms with E-state index in [2.05, 4.69) is 69.0 Å². The van der Waals surface area contributed by atoms with Gasteiger partial charge in [-0.25, -0.2) is 0 Å². The van der Waals surface area contributed by atoms with Crippen LogP contribution in [0.2, 0.25) is 0 Å². The Balaban J connectivity index is 0.00000128. The predicted molar refractivity (Wildman–Crippen MR) is 76.2 cm³/mol. The first-order valence-corrected chi connectivity index (χ1v) is 6.84. The monoisotopic (exact) mass is 499 g/mol. The van der Waals surface area contributed by atoms with Gasteiger partial charge in [-0.15, -0.1) is 0 Å². The molecule has 80 valence electrons. The van der Waals surface area contributed by atoms with E-state index in [4.69, 9.17) is 0 Å². The summed E-state index contributed by atoms with van der Waals surface area (Å²) in [6.45, 7) is 0. The molecule has 1 aliphatic heterocycles. The number of rotatable bonds is 0. The molecule has 1 heterocycles. The fraction of sp³-hybridized carbons (Fsp3) is 0. The average molecular weight is 503 g/mol. The van der Waals surface area contributed by atoms with Crippen LogP contribution in [0.15, 0.2) is 17.9 Å². The van der Waals surface area contributed by atoms with Gasteiger partial charge in [0.25, 0.3) is 11.8 Å². The number of carbonyl (C=O) groups excluding carboxylic acids is 2. The second kappa shape index (κ2) is 5.92. The molecule has 1 N–H and O–H groups in total. The zero-order chi connectivity index (χ0) is 11.3. The van der Waals surface area contributed by atoms with E-state index in [1.165, 1.54) is 0 Å². The number of fused-ring (bicyclic) bond motifs is 1. The summed E-state index contributed by atoms with van der Waals surface area (Å²) < 4.78 is 2.52. The van der Waals surface area contributed by atoms with Gasteiger partial charge in [0.1, 0.15) is 0 Å². The van der Waals surface area contributed by atoms with Gasteiger partial charge in [-0.1, -0.05) is 0 Å². The molecule has 3 nitrogen and oxygen atoms in total. The van der Waals surface area contributed by atoms with E-state index < -0.39 is 11.8 Å². The SMILES string of the molecule is O=C1NC(=O)c2c(Br)c(Br)c(Br)c(Br)c21.[KH]. The van der Waals surface area contributed by atoms with Crippen molar-refractivity contribution in [3.05, 3.63) is 29.0 Å². The second-order valence-corrected chi connectivity index (χ2v) is 5.96. The summed E-state index contributed by atoms with van der Waals surface area (Å²) in [5, 5.41) is 2.24. The molecule has 0 unspecified atom stereocenters. The van der Waals surface area contributed by atoms with Crippen molar-refractivity contribution >= 4 is 127 Å². The summed E-state index contributed by atoms with van der Waals surface area (Å²) in [6.07, 6.45) is 0. The Bertz CT molecular complexity index is 472. The third kappa shape index (κ3) is 2.46. The normalized spacial score (nSPS) is 13.2. The van der Waals surface area contributed by atoms with Gasteiger partial charge in [0.15, 0.2) is 0 Å². The molecule has 1 aliphatic rings. The Morgan fingerprint density at radius 2 is 1.00 bits per heavy atom. The minimum absolute atomic E-state index is 0. The number of hydrogen-bond donors (Lipinski definition) is 1. The fourth-order valence-corrected chi connectivity index (χ4v) is 3.76. The molecule has 0 saturated heterocycles. The summed E-state index contributed by atoms with van der Waals surface area (Å²) in [5.41, 5.74) is 0.698. The Morgan fingerprint density at radius 1 is 0.688 bits per heavy atom. The van der Waals surface area contributed by atoms with E-state index >= 15 is 0 Å². The van der Waals surface area contributed by atoms with Gasteiger partial charge in [0.05, 0.1) is 11.1 Å². The van der Waals surface area contributed by atoms with Gasteiger partial charge in [0.2, 0.25) is 0 Å². The molecule has 0 saturated carbocycles. The van der Waals surface area contributed by atoms with E-state index in [0.717, 1.165) is 0 Å². The summed E-state index contributed by atoms with van der Waals surface area (Å²) in [6, 6.07) is 0. The molecule has 8 heteroatoms. The third-order valence-electron chi connectivity index (χ3n) is 1.95. The van der Waals surface area contributed by atoms with E-state index in [-0.39, 0.29) is 51.4 Å². The quantitative estimate of drug-likeness (QED) is 0.257. The zero-order valence-electron chi connectivity index (χ0n) is 6.83. The van der Waals surface area contributed by atoms with Crippen molar-refractivity contribution in [3.8, 4) is 0 Å². The minimum atomic E-state index is -0.393. The van der Waals surface area contributed by atoms with Crippen molar-refractivity contribution in [3.63, 3.8) is 0 Å². The summed E-state index contributed by atoms with van der Waals surface area (Å²) >= 11 is 13.2. The molecule has 0 spiro atoms. The number of amides is 2. The zero-order valence-corrected chi connectivity index (χ0v) is 13.2. The van der Waals surface area contributed by atoms with E-state index in [0.29, 0.717) is 29.0 Å². The fourth-order valence-electron chi connectivity index (χ4n) is 1.29. The van der Waals surface area contributed by atoms with Crippen LogP contribution in [0, 0.1) is 0 Å². The van der Waals surface area contributed by atoms with Crippen LogP contribution in [0.5, 0.6) is 0 Å². The van der Waals surface area contributed by atoms with Gasteiger partial charge in [-0.3, -0.25) is 14.9 Å². The molecule has 16 heavy (non-hydrogen) atoms. The van der Waals surface area contributed by atoms with Crippen LogP contribution in [0.25, 0.3) is 0 Å². The summed E-state index contributed by atoms with van der Waals surface area (Å²) in [4.78, 5) is 23.0. The van der Waals surface area contributed by atoms with E-state index in [9.17, 15) is 9.59 Å². The Morgan fingerprint density at radius 3 is 1.31 bits per heavy atom. The molecule has 0 fully saturated rings. The molecule has 1 aromatic rings. The summed E-state index contributed by atoms with van der Waals surface area (Å²) in [7, 11) is 0. The van der Waals surface area contributed by atoms with Gasteiger partial charge in [-0.05, 0) is 63.7 Å². The maximum absolute atomic E-state index is 11.5. The van der Waals surface area contributed by atoms with Crippen LogP contribution >= 0.6 is 63.7 Å². The van der Waals surface area contributed by atoms with Crippen LogP contribution in [-0.4, -0.2) is 63.2 Å². The topological polar surface area (TPSA) is 46.2 Å². The number of imide groups is 1. The van der Waals surface area contributed by atoms with Gasteiger partial charge in [-0.2, -0.15) is 0 Å². The molecule has 2 rings (SSSR count). The predicted octanol–water partition coefficient (Wildman–Crippen LogP) is 2.97. The van der Waals surface area contributed by atoms with Crippen molar-refractivity contribution < 1.29 is 9.59 Å². The molecule has 0 bridgehead atoms. The molecule has 0 atom stereocenters. The Labute approximate surface area is 167 Å². The van der Waals surface area contributed by atoms with E-state index in [1.807, 2.05) is 0 Å². The third-order valence-corrected chi connectivity index (χ3v) is 6.72. The first kappa shape index (κ1) is 16.0. The standard InChI is InChI=1S/C8HBr4NO2.K.H/c9-3-1-2(8(15)13-7(1)14)4(10)6(12)5(3)11;;/h(H,13,14,15);;. The molecule has 0 aromatic heterocycles. The Kier molecular flexibility index (Phi) is 5.90. The maximum atomic E-state index is 11.5. The van der Waals surface area contributed by atoms with Crippen molar-refractivity contribution in [2.45, 2.75) is 0 Å². The number of carbonyl (C=O) groups is 2. The van der Waals surface area contributed by atoms with Crippen molar-refractivity contribution in [2.24, 2.45) is 0 Å². The molecular weight excluding hydrogens is 501 g/mol. The first-order valence-electron chi connectivity index (χ1n) is 3.66. The number of benzene rings is 1. The summed E-state index contributed by atoms with van der Waals surface area (Å²) in [5.74, 6) is -0.786. The van der Waals surface area contributed by atoms with Crippen LogP contribution in [0.3, 0.4) is 0 Å². The van der Waals surface area contributed by atoms with Crippen LogP contribution in [0.1, 0.15) is 20.7 Å². The molecule has 0 aliphatic carbocycles. The Hall–Kier alpha value is 1.92. The van der Waals surface area contributed by atoms with Crippen LogP contribution in [-0.2, 0) is 0 Å². The second-order valence-electron chi connectivity index (χ2n) is 2.79. The molecule has 2 amide bonds. The first-order chi connectivity index (χ1) is 6.95. The van der Waals surface area contributed by atoms with Crippen molar-refractivity contribution in [1.82, 2.24) is 5.32 Å². The average Bonchev–Trinajstić information content (AvgIpc) is 2.47. The van der Waals surface area contributed by atoms with Crippen LogP contribution < -0.4 is 5.32 Å². The van der Waals surface area contributed by atoms with Gasteiger partial charge < -0.3 is 0 Å². The van der Waals surface area contributed by atoms with Gasteiger partial charge >= 0.3 is 51.4 Å². The molecule has 0 radical (unpaired) electrons. The molecule has 1 aromatic carbocycles. The van der Waals surface area contributed by atoms with Crippen molar-refractivity contribution in [2.75, 3.05) is 0 Å². The van der Waals surface area contributed by atoms with Gasteiger partial charge in [0, 0.05) is 17.9 Å². The number of halogens is 4.